The van der Waals surface area contributed by atoms with Crippen molar-refractivity contribution in [1.82, 2.24) is 19.8 Å². The van der Waals surface area contributed by atoms with E-state index in [-0.39, 0.29) is 18.1 Å². The van der Waals surface area contributed by atoms with Crippen LogP contribution in [0.15, 0.2) is 49.1 Å². The molecule has 0 spiro atoms. The van der Waals surface area contributed by atoms with Gasteiger partial charge in [-0.2, -0.15) is 0 Å². The predicted molar refractivity (Wildman–Crippen MR) is 99.3 cm³/mol. The summed E-state index contributed by atoms with van der Waals surface area (Å²) in [5, 5.41) is 0. The molecule has 0 unspecified atom stereocenters. The summed E-state index contributed by atoms with van der Waals surface area (Å²) in [6.45, 7) is 5.09. The molecule has 2 atom stereocenters. The van der Waals surface area contributed by atoms with E-state index in [1.807, 2.05) is 29.3 Å². The Morgan fingerprint density at radius 2 is 1.81 bits per heavy atom. The maximum absolute atomic E-state index is 13.2. The largest absolute Gasteiger partial charge is 0.379 e. The first-order chi connectivity index (χ1) is 13.3. The van der Waals surface area contributed by atoms with Crippen LogP contribution in [0.1, 0.15) is 22.0 Å². The number of carbonyl (C=O) groups is 1. The first kappa shape index (κ1) is 18.0. The van der Waals surface area contributed by atoms with Gasteiger partial charge in [0.25, 0.3) is 5.91 Å². The lowest BCUT2D eigenvalue weighted by Crippen LogP contribution is -2.53. The summed E-state index contributed by atoms with van der Waals surface area (Å²) in [7, 11) is 0. The number of nitrogens with zero attached hydrogens (tertiary/aromatic N) is 4. The molecular weight excluding hydrogens is 344 g/mol. The van der Waals surface area contributed by atoms with Crippen LogP contribution in [-0.4, -0.2) is 77.8 Å². The van der Waals surface area contributed by atoms with Gasteiger partial charge in [-0.25, -0.2) is 0 Å². The molecular formula is C20H24N4O3. The molecule has 2 aliphatic heterocycles. The van der Waals surface area contributed by atoms with Crippen molar-refractivity contribution in [1.29, 1.82) is 0 Å². The number of ether oxygens (including phenoxy) is 2. The summed E-state index contributed by atoms with van der Waals surface area (Å²) < 4.78 is 11.6. The monoisotopic (exact) mass is 368 g/mol. The van der Waals surface area contributed by atoms with Gasteiger partial charge in [0, 0.05) is 51.0 Å². The summed E-state index contributed by atoms with van der Waals surface area (Å²) >= 11 is 0. The second-order valence-electron chi connectivity index (χ2n) is 6.79. The van der Waals surface area contributed by atoms with Crippen molar-refractivity contribution in [3.63, 3.8) is 0 Å². The van der Waals surface area contributed by atoms with E-state index < -0.39 is 0 Å². The maximum Gasteiger partial charge on any atom is 0.256 e. The fraction of sp³-hybridized carbons (Fsp3) is 0.450. The fourth-order valence-corrected chi connectivity index (χ4v) is 3.75. The molecule has 0 N–H and O–H groups in total. The third kappa shape index (κ3) is 4.16. The fourth-order valence-electron chi connectivity index (χ4n) is 3.75. The second-order valence-corrected chi connectivity index (χ2v) is 6.79. The zero-order chi connectivity index (χ0) is 18.5. The summed E-state index contributed by atoms with van der Waals surface area (Å²) in [4.78, 5) is 25.8. The highest BCUT2D eigenvalue weighted by Crippen LogP contribution is 2.31. The second kappa shape index (κ2) is 8.56. The quantitative estimate of drug-likeness (QED) is 0.813. The average Bonchev–Trinajstić information content (AvgIpc) is 2.75. The molecule has 0 bridgehead atoms. The van der Waals surface area contributed by atoms with Crippen LogP contribution in [0.25, 0.3) is 0 Å². The molecule has 1 amide bonds. The number of hydrogen-bond donors (Lipinski definition) is 0. The van der Waals surface area contributed by atoms with Gasteiger partial charge in [0.05, 0.1) is 37.5 Å². The number of morpholine rings is 2. The lowest BCUT2D eigenvalue weighted by molar-refractivity contribution is -0.0819. The van der Waals surface area contributed by atoms with Crippen LogP contribution in [0.2, 0.25) is 0 Å². The minimum absolute atomic E-state index is 0.0211. The van der Waals surface area contributed by atoms with Crippen LogP contribution in [0.5, 0.6) is 0 Å². The minimum Gasteiger partial charge on any atom is -0.379 e. The van der Waals surface area contributed by atoms with Crippen LogP contribution in [0.3, 0.4) is 0 Å². The molecule has 4 heterocycles. The Labute approximate surface area is 158 Å². The van der Waals surface area contributed by atoms with E-state index in [2.05, 4.69) is 14.9 Å². The van der Waals surface area contributed by atoms with Crippen LogP contribution in [0.4, 0.5) is 0 Å². The topological polar surface area (TPSA) is 67.8 Å². The van der Waals surface area contributed by atoms with Crippen molar-refractivity contribution in [2.45, 2.75) is 12.1 Å². The summed E-state index contributed by atoms with van der Waals surface area (Å²) in [5.74, 6) is -0.0211. The highest BCUT2D eigenvalue weighted by atomic mass is 16.5. The number of amides is 1. The molecule has 2 aliphatic rings. The van der Waals surface area contributed by atoms with E-state index >= 15 is 0 Å². The van der Waals surface area contributed by atoms with Gasteiger partial charge < -0.3 is 14.4 Å². The number of carbonyl (C=O) groups excluding carboxylic acids is 1. The van der Waals surface area contributed by atoms with E-state index in [9.17, 15) is 4.79 Å². The van der Waals surface area contributed by atoms with Crippen molar-refractivity contribution < 1.29 is 14.3 Å². The molecule has 2 saturated heterocycles. The number of aromatic nitrogens is 2. The van der Waals surface area contributed by atoms with Crippen molar-refractivity contribution in [3.05, 3.63) is 60.2 Å². The zero-order valence-corrected chi connectivity index (χ0v) is 15.2. The predicted octanol–water partition coefficient (Wildman–Crippen LogP) is 1.39. The lowest BCUT2D eigenvalue weighted by Gasteiger charge is -2.43. The number of pyridine rings is 2. The molecule has 27 heavy (non-hydrogen) atoms. The molecule has 0 aromatic carbocycles. The molecule has 2 aromatic rings. The third-order valence-corrected chi connectivity index (χ3v) is 5.09. The maximum atomic E-state index is 13.2. The summed E-state index contributed by atoms with van der Waals surface area (Å²) in [6.07, 6.45) is 6.76. The van der Waals surface area contributed by atoms with Crippen molar-refractivity contribution in [2.24, 2.45) is 0 Å². The van der Waals surface area contributed by atoms with Crippen LogP contribution < -0.4 is 0 Å². The van der Waals surface area contributed by atoms with E-state index in [0.29, 0.717) is 18.7 Å². The number of hydrogen-bond acceptors (Lipinski definition) is 6. The van der Waals surface area contributed by atoms with Crippen LogP contribution in [0, 0.1) is 0 Å². The molecule has 7 heteroatoms. The van der Waals surface area contributed by atoms with Crippen LogP contribution >= 0.6 is 0 Å². The molecule has 0 saturated carbocycles. The zero-order valence-electron chi connectivity index (χ0n) is 15.2. The van der Waals surface area contributed by atoms with Crippen molar-refractivity contribution in [3.8, 4) is 0 Å². The van der Waals surface area contributed by atoms with E-state index in [0.717, 1.165) is 38.4 Å². The number of rotatable bonds is 4. The van der Waals surface area contributed by atoms with Gasteiger partial charge in [0.1, 0.15) is 0 Å². The van der Waals surface area contributed by atoms with E-state index in [1.165, 1.54) is 0 Å². The van der Waals surface area contributed by atoms with Crippen LogP contribution in [-0.2, 0) is 9.47 Å². The Kier molecular flexibility index (Phi) is 5.72. The molecule has 142 valence electrons. The van der Waals surface area contributed by atoms with Gasteiger partial charge >= 0.3 is 0 Å². The Morgan fingerprint density at radius 3 is 2.52 bits per heavy atom. The Balaban J connectivity index is 1.61. The van der Waals surface area contributed by atoms with Gasteiger partial charge in [0.15, 0.2) is 0 Å². The Morgan fingerprint density at radius 1 is 1.04 bits per heavy atom. The van der Waals surface area contributed by atoms with Crippen molar-refractivity contribution in [2.75, 3.05) is 46.0 Å². The first-order valence-corrected chi connectivity index (χ1v) is 9.35. The van der Waals surface area contributed by atoms with E-state index in [4.69, 9.17) is 9.47 Å². The molecule has 4 rings (SSSR count). The normalized spacial score (nSPS) is 23.9. The first-order valence-electron chi connectivity index (χ1n) is 9.35. The smallest absolute Gasteiger partial charge is 0.256 e. The van der Waals surface area contributed by atoms with Gasteiger partial charge in [-0.1, -0.05) is 6.07 Å². The average molecular weight is 368 g/mol. The molecule has 2 aromatic heterocycles. The third-order valence-electron chi connectivity index (χ3n) is 5.09. The van der Waals surface area contributed by atoms with Gasteiger partial charge in [-0.05, 0) is 23.8 Å². The van der Waals surface area contributed by atoms with E-state index in [1.54, 1.807) is 24.7 Å². The SMILES string of the molecule is O=C(c1cccnc1)N1CCO[C@@H](CN2CCOCC2)[C@@H]1c1cccnc1. The summed E-state index contributed by atoms with van der Waals surface area (Å²) in [6, 6.07) is 7.34. The highest BCUT2D eigenvalue weighted by Gasteiger charge is 2.38. The Hall–Kier alpha value is -2.35. The minimum atomic E-state index is -0.178. The molecule has 0 radical (unpaired) electrons. The Bertz CT molecular complexity index is 737. The van der Waals surface area contributed by atoms with Crippen molar-refractivity contribution >= 4 is 5.91 Å². The molecule has 7 nitrogen and oxygen atoms in total. The van der Waals surface area contributed by atoms with Gasteiger partial charge in [0.2, 0.25) is 0 Å². The van der Waals surface area contributed by atoms with Gasteiger partial charge in [-0.3, -0.25) is 19.7 Å². The molecule has 2 fully saturated rings. The molecule has 0 aliphatic carbocycles. The standard InChI is InChI=1S/C20H24N4O3/c25-20(17-4-2-6-22-14-17)24-9-12-27-18(15-23-7-10-26-11-8-23)19(24)16-3-1-5-21-13-16/h1-6,13-14,18-19H,7-12,15H2/t18-,19-/m0/s1. The highest BCUT2D eigenvalue weighted by molar-refractivity contribution is 5.94. The lowest BCUT2D eigenvalue weighted by atomic mass is 9.98. The summed E-state index contributed by atoms with van der Waals surface area (Å²) in [5.41, 5.74) is 1.59. The van der Waals surface area contributed by atoms with Gasteiger partial charge in [-0.15, -0.1) is 0 Å².